The van der Waals surface area contributed by atoms with E-state index in [1.54, 1.807) is 0 Å². The highest BCUT2D eigenvalue weighted by molar-refractivity contribution is 5.85. The van der Waals surface area contributed by atoms with Gasteiger partial charge in [-0.15, -0.1) is 0 Å². The molecule has 0 radical (unpaired) electrons. The molecular formula is C14H21N3O3. The summed E-state index contributed by atoms with van der Waals surface area (Å²) in [5, 5.41) is 15.1. The lowest BCUT2D eigenvalue weighted by molar-refractivity contribution is 0.174. The highest BCUT2D eigenvalue weighted by Crippen LogP contribution is 2.34. The molecule has 1 aromatic rings. The maximum Gasteiger partial charge on any atom is 0.231 e. The molecule has 20 heavy (non-hydrogen) atoms. The number of hydrogen-bond donors (Lipinski definition) is 3. The third-order valence-electron chi connectivity index (χ3n) is 3.48. The summed E-state index contributed by atoms with van der Waals surface area (Å²) in [6, 6.07) is 5.78. The molecule has 0 aliphatic carbocycles. The number of amidine groups is 1. The fourth-order valence-corrected chi connectivity index (χ4v) is 2.03. The van der Waals surface area contributed by atoms with Crippen molar-refractivity contribution in [3.05, 3.63) is 18.2 Å². The van der Waals surface area contributed by atoms with Crippen molar-refractivity contribution in [3.63, 3.8) is 0 Å². The lowest BCUT2D eigenvalue weighted by atomic mass is 9.86. The van der Waals surface area contributed by atoms with Gasteiger partial charge in [0.2, 0.25) is 6.79 Å². The molecule has 0 atom stereocenters. The van der Waals surface area contributed by atoms with Gasteiger partial charge in [0.05, 0.1) is 0 Å². The minimum Gasteiger partial charge on any atom is -0.454 e. The van der Waals surface area contributed by atoms with Gasteiger partial charge in [0.1, 0.15) is 5.84 Å². The molecule has 110 valence electrons. The molecule has 1 aromatic carbocycles. The van der Waals surface area contributed by atoms with Gasteiger partial charge in [-0.05, 0) is 25.0 Å². The van der Waals surface area contributed by atoms with E-state index in [4.69, 9.17) is 20.4 Å². The van der Waals surface area contributed by atoms with Crippen LogP contribution in [0.25, 0.3) is 0 Å². The topological polar surface area (TPSA) is 89.1 Å². The summed E-state index contributed by atoms with van der Waals surface area (Å²) in [6.07, 6.45) is 1.75. The van der Waals surface area contributed by atoms with Crippen molar-refractivity contribution >= 4 is 11.5 Å². The van der Waals surface area contributed by atoms with Crippen molar-refractivity contribution in [3.8, 4) is 11.5 Å². The van der Waals surface area contributed by atoms with Crippen molar-refractivity contribution in [1.29, 1.82) is 0 Å². The van der Waals surface area contributed by atoms with E-state index in [0.29, 0.717) is 0 Å². The van der Waals surface area contributed by atoms with Crippen molar-refractivity contribution < 1.29 is 14.7 Å². The minimum atomic E-state index is -0.300. The van der Waals surface area contributed by atoms with Crippen LogP contribution < -0.4 is 20.5 Å². The lowest BCUT2D eigenvalue weighted by Crippen LogP contribution is -2.32. The molecule has 6 heteroatoms. The van der Waals surface area contributed by atoms with Gasteiger partial charge in [-0.3, -0.25) is 0 Å². The monoisotopic (exact) mass is 279 g/mol. The number of rotatable bonds is 6. The van der Waals surface area contributed by atoms with Gasteiger partial charge < -0.3 is 25.7 Å². The highest BCUT2D eigenvalue weighted by atomic mass is 16.7. The minimum absolute atomic E-state index is 0.264. The van der Waals surface area contributed by atoms with Crippen LogP contribution in [0.3, 0.4) is 0 Å². The number of hydrogen-bond acceptors (Lipinski definition) is 5. The molecular weight excluding hydrogens is 258 g/mol. The number of nitrogens with one attached hydrogen (secondary N) is 1. The fraction of sp³-hybridized carbons (Fsp3) is 0.500. The van der Waals surface area contributed by atoms with Crippen LogP contribution in [0.4, 0.5) is 5.69 Å². The van der Waals surface area contributed by atoms with E-state index in [1.807, 2.05) is 32.0 Å². The predicted molar refractivity (Wildman–Crippen MR) is 77.5 cm³/mol. The molecule has 1 heterocycles. The van der Waals surface area contributed by atoms with Crippen LogP contribution in [0.1, 0.15) is 26.7 Å². The molecule has 4 N–H and O–H groups in total. The molecule has 0 saturated carbocycles. The summed E-state index contributed by atoms with van der Waals surface area (Å²) in [5.41, 5.74) is 6.35. The second-order valence-corrected chi connectivity index (χ2v) is 5.47. The first-order chi connectivity index (χ1) is 9.53. The molecule has 0 fully saturated rings. The Labute approximate surface area is 118 Å². The van der Waals surface area contributed by atoms with E-state index in [0.717, 1.165) is 36.6 Å². The molecule has 0 spiro atoms. The van der Waals surface area contributed by atoms with E-state index in [-0.39, 0.29) is 18.0 Å². The summed E-state index contributed by atoms with van der Waals surface area (Å²) in [7, 11) is 0. The van der Waals surface area contributed by atoms with E-state index in [9.17, 15) is 0 Å². The molecule has 0 bridgehead atoms. The summed E-state index contributed by atoms with van der Waals surface area (Å²) in [4.78, 5) is 0. The molecule has 0 unspecified atom stereocenters. The Hall–Kier alpha value is -2.11. The Bertz CT molecular complexity index is 500. The SMILES string of the molecule is CC(C)(CCCNc1ccc2c(c1)OCO2)C(N)=NO. The van der Waals surface area contributed by atoms with Crippen LogP contribution in [0.5, 0.6) is 11.5 Å². The van der Waals surface area contributed by atoms with Crippen LogP contribution in [0.15, 0.2) is 23.4 Å². The average molecular weight is 279 g/mol. The summed E-state index contributed by atoms with van der Waals surface area (Å²) in [5.74, 6) is 1.82. The van der Waals surface area contributed by atoms with Crippen LogP contribution >= 0.6 is 0 Å². The molecule has 0 saturated heterocycles. The molecule has 2 rings (SSSR count). The maximum absolute atomic E-state index is 8.72. The Balaban J connectivity index is 1.79. The molecule has 6 nitrogen and oxygen atoms in total. The molecule has 1 aliphatic heterocycles. The normalized spacial score (nSPS) is 14.4. The first kappa shape index (κ1) is 14.3. The van der Waals surface area contributed by atoms with Gasteiger partial charge in [0.15, 0.2) is 11.5 Å². The van der Waals surface area contributed by atoms with E-state index in [1.165, 1.54) is 0 Å². The predicted octanol–water partition coefficient (Wildman–Crippen LogP) is 2.38. The Morgan fingerprint density at radius 3 is 2.90 bits per heavy atom. The van der Waals surface area contributed by atoms with Gasteiger partial charge in [-0.25, -0.2) is 0 Å². The van der Waals surface area contributed by atoms with Gasteiger partial charge in [0, 0.05) is 23.7 Å². The largest absolute Gasteiger partial charge is 0.454 e. The quantitative estimate of drug-likeness (QED) is 0.244. The second kappa shape index (κ2) is 5.90. The van der Waals surface area contributed by atoms with E-state index in [2.05, 4.69) is 10.5 Å². The fourth-order valence-electron chi connectivity index (χ4n) is 2.03. The summed E-state index contributed by atoms with van der Waals surface area (Å²) < 4.78 is 10.6. The third kappa shape index (κ3) is 3.26. The van der Waals surface area contributed by atoms with Gasteiger partial charge in [-0.1, -0.05) is 19.0 Å². The standard InChI is InChI=1S/C14H21N3O3/c1-14(2,13(15)17-18)6-3-7-16-10-4-5-11-12(8-10)20-9-19-11/h4-5,8,16,18H,3,6-7,9H2,1-2H3,(H2,15,17). The molecule has 0 aromatic heterocycles. The first-order valence-corrected chi connectivity index (χ1v) is 6.64. The van der Waals surface area contributed by atoms with Crippen LogP contribution in [-0.2, 0) is 0 Å². The maximum atomic E-state index is 8.72. The number of nitrogens with zero attached hydrogens (tertiary/aromatic N) is 1. The third-order valence-corrected chi connectivity index (χ3v) is 3.48. The number of oxime groups is 1. The first-order valence-electron chi connectivity index (χ1n) is 6.64. The zero-order chi connectivity index (χ0) is 14.6. The Morgan fingerprint density at radius 1 is 1.40 bits per heavy atom. The highest BCUT2D eigenvalue weighted by Gasteiger charge is 2.22. The van der Waals surface area contributed by atoms with E-state index < -0.39 is 0 Å². The van der Waals surface area contributed by atoms with Crippen molar-refractivity contribution in [2.24, 2.45) is 16.3 Å². The number of benzene rings is 1. The number of ether oxygens (including phenoxy) is 2. The number of nitrogens with two attached hydrogens (primary N) is 1. The zero-order valence-corrected chi connectivity index (χ0v) is 11.8. The lowest BCUT2D eigenvalue weighted by Gasteiger charge is -2.22. The zero-order valence-electron chi connectivity index (χ0n) is 11.8. The smallest absolute Gasteiger partial charge is 0.231 e. The number of fused-ring (bicyclic) bond motifs is 1. The second-order valence-electron chi connectivity index (χ2n) is 5.47. The molecule has 1 aliphatic rings. The summed E-state index contributed by atoms with van der Waals surface area (Å²) in [6.45, 7) is 5.01. The van der Waals surface area contributed by atoms with Crippen LogP contribution in [0.2, 0.25) is 0 Å². The Kier molecular flexibility index (Phi) is 4.22. The van der Waals surface area contributed by atoms with E-state index >= 15 is 0 Å². The van der Waals surface area contributed by atoms with Crippen LogP contribution in [0, 0.1) is 5.41 Å². The Morgan fingerprint density at radius 2 is 2.15 bits per heavy atom. The average Bonchev–Trinajstić information content (AvgIpc) is 2.90. The van der Waals surface area contributed by atoms with Crippen LogP contribution in [-0.4, -0.2) is 24.4 Å². The van der Waals surface area contributed by atoms with Crippen molar-refractivity contribution in [2.45, 2.75) is 26.7 Å². The molecule has 0 amide bonds. The van der Waals surface area contributed by atoms with Gasteiger partial charge >= 0.3 is 0 Å². The van der Waals surface area contributed by atoms with Crippen molar-refractivity contribution in [2.75, 3.05) is 18.7 Å². The van der Waals surface area contributed by atoms with Crippen molar-refractivity contribution in [1.82, 2.24) is 0 Å². The van der Waals surface area contributed by atoms with Gasteiger partial charge in [-0.2, -0.15) is 0 Å². The number of anilines is 1. The van der Waals surface area contributed by atoms with Gasteiger partial charge in [0.25, 0.3) is 0 Å². The summed E-state index contributed by atoms with van der Waals surface area (Å²) >= 11 is 0.